The third-order valence-electron chi connectivity index (χ3n) is 3.22. The lowest BCUT2D eigenvalue weighted by atomic mass is 10.1. The SMILES string of the molecule is O=S1(=O)CCCCC1C(Br)c1ccc(F)c(Br)c1. The third-order valence-corrected chi connectivity index (χ3v) is 7.63. The highest BCUT2D eigenvalue weighted by molar-refractivity contribution is 9.10. The van der Waals surface area contributed by atoms with Crippen LogP contribution < -0.4 is 0 Å². The molecule has 0 N–H and O–H groups in total. The summed E-state index contributed by atoms with van der Waals surface area (Å²) >= 11 is 6.58. The van der Waals surface area contributed by atoms with Crippen LogP contribution >= 0.6 is 31.9 Å². The van der Waals surface area contributed by atoms with Crippen LogP contribution in [0.4, 0.5) is 4.39 Å². The first-order valence-corrected chi connectivity index (χ1v) is 9.15. The van der Waals surface area contributed by atoms with Gasteiger partial charge in [-0.05, 0) is 46.5 Å². The number of rotatable bonds is 2. The zero-order valence-corrected chi connectivity index (χ0v) is 13.6. The highest BCUT2D eigenvalue weighted by Crippen LogP contribution is 2.37. The second-order valence-electron chi connectivity index (χ2n) is 4.48. The Hall–Kier alpha value is 0.0600. The molecular formula is C12H13Br2FO2S. The van der Waals surface area contributed by atoms with Gasteiger partial charge < -0.3 is 0 Å². The molecule has 1 aliphatic rings. The average Bonchev–Trinajstić information content (AvgIpc) is 2.31. The molecule has 1 aromatic rings. The van der Waals surface area contributed by atoms with Gasteiger partial charge in [-0.1, -0.05) is 28.4 Å². The maximum Gasteiger partial charge on any atom is 0.154 e. The lowest BCUT2D eigenvalue weighted by Gasteiger charge is -2.26. The molecule has 18 heavy (non-hydrogen) atoms. The standard InChI is InChI=1S/C12H13Br2FO2S/c13-9-7-8(4-5-10(9)15)12(14)11-3-1-2-6-18(11,16)17/h4-5,7,11-12H,1-3,6H2. The van der Waals surface area contributed by atoms with Crippen LogP contribution in [0.3, 0.4) is 0 Å². The van der Waals surface area contributed by atoms with Crippen molar-refractivity contribution in [3.63, 3.8) is 0 Å². The van der Waals surface area contributed by atoms with Crippen molar-refractivity contribution in [2.75, 3.05) is 5.75 Å². The fourth-order valence-corrected chi connectivity index (χ4v) is 6.09. The Morgan fingerprint density at radius 1 is 1.33 bits per heavy atom. The Balaban J connectivity index is 2.30. The highest BCUT2D eigenvalue weighted by Gasteiger charge is 2.35. The zero-order chi connectivity index (χ0) is 13.3. The van der Waals surface area contributed by atoms with Gasteiger partial charge in [-0.3, -0.25) is 0 Å². The molecule has 2 atom stereocenters. The zero-order valence-electron chi connectivity index (χ0n) is 9.57. The van der Waals surface area contributed by atoms with Crippen molar-refractivity contribution in [3.8, 4) is 0 Å². The van der Waals surface area contributed by atoms with Gasteiger partial charge in [0.2, 0.25) is 0 Å². The maximum absolute atomic E-state index is 13.2. The van der Waals surface area contributed by atoms with Crippen molar-refractivity contribution >= 4 is 41.7 Å². The quantitative estimate of drug-likeness (QED) is 0.704. The molecule has 1 fully saturated rings. The molecule has 1 heterocycles. The van der Waals surface area contributed by atoms with Gasteiger partial charge in [-0.2, -0.15) is 0 Å². The second kappa shape index (κ2) is 5.59. The lowest BCUT2D eigenvalue weighted by Crippen LogP contribution is -2.31. The van der Waals surface area contributed by atoms with E-state index in [1.54, 1.807) is 12.1 Å². The van der Waals surface area contributed by atoms with Crippen LogP contribution in [0, 0.1) is 5.82 Å². The van der Waals surface area contributed by atoms with E-state index in [-0.39, 0.29) is 16.4 Å². The topological polar surface area (TPSA) is 34.1 Å². The van der Waals surface area contributed by atoms with Crippen LogP contribution in [0.5, 0.6) is 0 Å². The average molecular weight is 400 g/mol. The van der Waals surface area contributed by atoms with E-state index >= 15 is 0 Å². The van der Waals surface area contributed by atoms with Gasteiger partial charge in [-0.25, -0.2) is 12.8 Å². The molecule has 1 aromatic carbocycles. The molecule has 6 heteroatoms. The molecule has 0 radical (unpaired) electrons. The number of hydrogen-bond donors (Lipinski definition) is 0. The summed E-state index contributed by atoms with van der Waals surface area (Å²) in [6.45, 7) is 0. The first kappa shape index (κ1) is 14.5. The molecule has 100 valence electrons. The summed E-state index contributed by atoms with van der Waals surface area (Å²) < 4.78 is 37.6. The predicted molar refractivity (Wildman–Crippen MR) is 77.2 cm³/mol. The number of benzene rings is 1. The number of hydrogen-bond acceptors (Lipinski definition) is 2. The molecule has 0 aliphatic carbocycles. The molecule has 2 rings (SSSR count). The first-order chi connectivity index (χ1) is 8.42. The fraction of sp³-hybridized carbons (Fsp3) is 0.500. The van der Waals surface area contributed by atoms with Gasteiger partial charge in [0.25, 0.3) is 0 Å². The monoisotopic (exact) mass is 398 g/mol. The van der Waals surface area contributed by atoms with Crippen LogP contribution in [-0.2, 0) is 9.84 Å². The van der Waals surface area contributed by atoms with Gasteiger partial charge in [0.05, 0.1) is 20.3 Å². The molecule has 2 unspecified atom stereocenters. The van der Waals surface area contributed by atoms with E-state index in [1.807, 2.05) is 0 Å². The Kier molecular flexibility index (Phi) is 4.49. The molecule has 0 amide bonds. The molecule has 1 saturated heterocycles. The Morgan fingerprint density at radius 3 is 2.67 bits per heavy atom. The Morgan fingerprint density at radius 2 is 2.06 bits per heavy atom. The summed E-state index contributed by atoms with van der Waals surface area (Å²) in [6.07, 6.45) is 2.33. The van der Waals surface area contributed by atoms with Crippen LogP contribution in [0.2, 0.25) is 0 Å². The van der Waals surface area contributed by atoms with E-state index in [0.29, 0.717) is 10.9 Å². The van der Waals surface area contributed by atoms with Gasteiger partial charge in [0.1, 0.15) is 5.82 Å². The van der Waals surface area contributed by atoms with Crippen LogP contribution in [0.1, 0.15) is 29.7 Å². The summed E-state index contributed by atoms with van der Waals surface area (Å²) in [6, 6.07) is 4.62. The summed E-state index contributed by atoms with van der Waals surface area (Å²) in [5, 5.41) is -0.413. The van der Waals surface area contributed by atoms with Crippen LogP contribution in [0.25, 0.3) is 0 Å². The van der Waals surface area contributed by atoms with Crippen molar-refractivity contribution in [2.45, 2.75) is 29.3 Å². The van der Waals surface area contributed by atoms with Crippen molar-refractivity contribution in [1.82, 2.24) is 0 Å². The summed E-state index contributed by atoms with van der Waals surface area (Å²) in [5.41, 5.74) is 0.791. The van der Waals surface area contributed by atoms with Gasteiger partial charge in [-0.15, -0.1) is 0 Å². The van der Waals surface area contributed by atoms with Crippen molar-refractivity contribution in [1.29, 1.82) is 0 Å². The van der Waals surface area contributed by atoms with Gasteiger partial charge in [0, 0.05) is 0 Å². The predicted octanol–water partition coefficient (Wildman–Crippen LogP) is 3.99. The fourth-order valence-electron chi connectivity index (χ4n) is 2.21. The van der Waals surface area contributed by atoms with Crippen molar-refractivity contribution < 1.29 is 12.8 Å². The molecule has 0 bridgehead atoms. The molecule has 1 aliphatic heterocycles. The van der Waals surface area contributed by atoms with E-state index in [9.17, 15) is 12.8 Å². The lowest BCUT2D eigenvalue weighted by molar-refractivity contribution is 0.536. The number of halogens is 3. The Bertz CT molecular complexity index is 545. The van der Waals surface area contributed by atoms with Crippen LogP contribution in [-0.4, -0.2) is 19.4 Å². The molecule has 0 aromatic heterocycles. The van der Waals surface area contributed by atoms with Gasteiger partial charge in [0.15, 0.2) is 9.84 Å². The molecule has 0 saturated carbocycles. The smallest absolute Gasteiger partial charge is 0.154 e. The maximum atomic E-state index is 13.2. The van der Waals surface area contributed by atoms with Crippen molar-refractivity contribution in [2.24, 2.45) is 0 Å². The first-order valence-electron chi connectivity index (χ1n) is 5.72. The second-order valence-corrected chi connectivity index (χ2v) is 8.66. The molecular weight excluding hydrogens is 387 g/mol. The van der Waals surface area contributed by atoms with E-state index in [1.165, 1.54) is 6.07 Å². The molecule has 0 spiro atoms. The number of alkyl halides is 1. The normalized spacial score (nSPS) is 24.7. The van der Waals surface area contributed by atoms with Gasteiger partial charge >= 0.3 is 0 Å². The minimum Gasteiger partial charge on any atom is -0.228 e. The summed E-state index contributed by atoms with van der Waals surface area (Å²) in [7, 11) is -3.05. The minimum absolute atomic E-state index is 0.252. The van der Waals surface area contributed by atoms with E-state index in [0.717, 1.165) is 18.4 Å². The van der Waals surface area contributed by atoms with Crippen molar-refractivity contribution in [3.05, 3.63) is 34.1 Å². The largest absolute Gasteiger partial charge is 0.228 e. The minimum atomic E-state index is -3.05. The Labute approximate surface area is 123 Å². The van der Waals surface area contributed by atoms with Crippen LogP contribution in [0.15, 0.2) is 22.7 Å². The van der Waals surface area contributed by atoms with E-state index in [2.05, 4.69) is 31.9 Å². The third kappa shape index (κ3) is 2.96. The highest BCUT2D eigenvalue weighted by atomic mass is 79.9. The summed E-state index contributed by atoms with van der Waals surface area (Å²) in [4.78, 5) is -0.278. The molecule has 2 nitrogen and oxygen atoms in total. The summed E-state index contributed by atoms with van der Waals surface area (Å²) in [5.74, 6) is -0.0905. The number of sulfone groups is 1. The van der Waals surface area contributed by atoms with E-state index in [4.69, 9.17) is 0 Å². The van der Waals surface area contributed by atoms with E-state index < -0.39 is 15.1 Å².